The molecule has 1 atom stereocenters. The molecule has 96 valence electrons. The van der Waals surface area contributed by atoms with Gasteiger partial charge in [-0.25, -0.2) is 0 Å². The predicted octanol–water partition coefficient (Wildman–Crippen LogP) is 2.23. The number of carbonyl (C=O) groups is 2. The SMILES string of the molecule is Cc1ccc2c(c1C)N(C)C(=O)CC2CC(=O)O. The molecule has 0 spiro atoms. The van der Waals surface area contributed by atoms with Crippen molar-refractivity contribution in [1.82, 2.24) is 0 Å². The van der Waals surface area contributed by atoms with Crippen molar-refractivity contribution in [2.75, 3.05) is 11.9 Å². The van der Waals surface area contributed by atoms with Crippen LogP contribution in [-0.4, -0.2) is 24.0 Å². The third kappa shape index (κ3) is 1.98. The maximum Gasteiger partial charge on any atom is 0.303 e. The fraction of sp³-hybridized carbons (Fsp3) is 0.429. The minimum absolute atomic E-state index is 0.00901. The Labute approximate surface area is 106 Å². The summed E-state index contributed by atoms with van der Waals surface area (Å²) in [6, 6.07) is 3.95. The second-order valence-electron chi connectivity index (χ2n) is 4.90. The van der Waals surface area contributed by atoms with Crippen LogP contribution in [-0.2, 0) is 9.59 Å². The Morgan fingerprint density at radius 3 is 2.72 bits per heavy atom. The van der Waals surface area contributed by atoms with E-state index in [1.165, 1.54) is 0 Å². The molecule has 4 nitrogen and oxygen atoms in total. The number of hydrogen-bond donors (Lipinski definition) is 1. The highest BCUT2D eigenvalue weighted by Crippen LogP contribution is 2.40. The second-order valence-corrected chi connectivity index (χ2v) is 4.90. The summed E-state index contributed by atoms with van der Waals surface area (Å²) in [5, 5.41) is 8.94. The molecule has 0 radical (unpaired) electrons. The molecule has 1 aliphatic heterocycles. The average molecular weight is 247 g/mol. The minimum atomic E-state index is -0.860. The molecule has 1 aliphatic rings. The van der Waals surface area contributed by atoms with Crippen LogP contribution < -0.4 is 4.90 Å². The first-order valence-corrected chi connectivity index (χ1v) is 6.00. The summed E-state index contributed by atoms with van der Waals surface area (Å²) >= 11 is 0. The normalized spacial score (nSPS) is 18.7. The van der Waals surface area contributed by atoms with Crippen LogP contribution in [0.4, 0.5) is 5.69 Å². The Morgan fingerprint density at radius 2 is 2.11 bits per heavy atom. The van der Waals surface area contributed by atoms with Gasteiger partial charge < -0.3 is 10.0 Å². The summed E-state index contributed by atoms with van der Waals surface area (Å²) in [4.78, 5) is 24.5. The number of anilines is 1. The Morgan fingerprint density at radius 1 is 1.44 bits per heavy atom. The molecule has 2 rings (SSSR count). The van der Waals surface area contributed by atoms with Gasteiger partial charge in [0, 0.05) is 25.1 Å². The monoisotopic (exact) mass is 247 g/mol. The number of nitrogens with zero attached hydrogens (tertiary/aromatic N) is 1. The first kappa shape index (κ1) is 12.6. The van der Waals surface area contributed by atoms with Gasteiger partial charge in [-0.05, 0) is 30.5 Å². The van der Waals surface area contributed by atoms with Crippen molar-refractivity contribution < 1.29 is 14.7 Å². The highest BCUT2D eigenvalue weighted by atomic mass is 16.4. The van der Waals surface area contributed by atoms with Gasteiger partial charge in [0.2, 0.25) is 5.91 Å². The molecule has 1 aromatic carbocycles. The van der Waals surface area contributed by atoms with Crippen LogP contribution in [0.1, 0.15) is 35.4 Å². The topological polar surface area (TPSA) is 57.6 Å². The largest absolute Gasteiger partial charge is 0.481 e. The van der Waals surface area contributed by atoms with Crippen molar-refractivity contribution in [3.8, 4) is 0 Å². The quantitative estimate of drug-likeness (QED) is 0.871. The summed E-state index contributed by atoms with van der Waals surface area (Å²) in [7, 11) is 1.75. The maximum atomic E-state index is 11.9. The lowest BCUT2D eigenvalue weighted by Crippen LogP contribution is -2.34. The lowest BCUT2D eigenvalue weighted by atomic mass is 9.84. The van der Waals surface area contributed by atoms with Gasteiger partial charge in [0.05, 0.1) is 6.42 Å². The first-order chi connectivity index (χ1) is 8.41. The summed E-state index contributed by atoms with van der Waals surface area (Å²) in [5.41, 5.74) is 4.03. The van der Waals surface area contributed by atoms with E-state index in [0.717, 1.165) is 22.4 Å². The van der Waals surface area contributed by atoms with Crippen molar-refractivity contribution in [2.24, 2.45) is 0 Å². The molecule has 1 heterocycles. The first-order valence-electron chi connectivity index (χ1n) is 6.00. The number of aliphatic carboxylic acids is 1. The van der Waals surface area contributed by atoms with Crippen LogP contribution in [0.25, 0.3) is 0 Å². The van der Waals surface area contributed by atoms with E-state index in [2.05, 4.69) is 0 Å². The number of carboxylic acids is 1. The van der Waals surface area contributed by atoms with Crippen molar-refractivity contribution in [3.63, 3.8) is 0 Å². The average Bonchev–Trinajstić information content (AvgIpc) is 2.28. The maximum absolute atomic E-state index is 11.9. The minimum Gasteiger partial charge on any atom is -0.481 e. The van der Waals surface area contributed by atoms with Crippen LogP contribution >= 0.6 is 0 Å². The molecule has 1 N–H and O–H groups in total. The summed E-state index contributed by atoms with van der Waals surface area (Å²) in [5.74, 6) is -1.08. The molecule has 1 unspecified atom stereocenters. The molecule has 0 fully saturated rings. The van der Waals surface area contributed by atoms with E-state index in [-0.39, 0.29) is 24.7 Å². The molecule has 0 saturated carbocycles. The lowest BCUT2D eigenvalue weighted by Gasteiger charge is -2.33. The molecule has 0 aliphatic carbocycles. The third-order valence-corrected chi connectivity index (χ3v) is 3.72. The number of rotatable bonds is 2. The van der Waals surface area contributed by atoms with Crippen molar-refractivity contribution >= 4 is 17.6 Å². The molecule has 1 amide bonds. The van der Waals surface area contributed by atoms with Crippen LogP contribution in [0.15, 0.2) is 12.1 Å². The molecule has 1 aromatic rings. The van der Waals surface area contributed by atoms with E-state index in [1.807, 2.05) is 26.0 Å². The van der Waals surface area contributed by atoms with E-state index >= 15 is 0 Å². The van der Waals surface area contributed by atoms with Crippen LogP contribution in [0, 0.1) is 13.8 Å². The highest BCUT2D eigenvalue weighted by molar-refractivity contribution is 5.98. The molecular formula is C14H17NO3. The number of benzene rings is 1. The Kier molecular flexibility index (Phi) is 3.11. The number of amides is 1. The van der Waals surface area contributed by atoms with Gasteiger partial charge in [-0.3, -0.25) is 9.59 Å². The Balaban J connectivity index is 2.55. The van der Waals surface area contributed by atoms with Crippen LogP contribution in [0.3, 0.4) is 0 Å². The van der Waals surface area contributed by atoms with E-state index in [9.17, 15) is 9.59 Å². The van der Waals surface area contributed by atoms with Crippen molar-refractivity contribution in [3.05, 3.63) is 28.8 Å². The molecule has 0 bridgehead atoms. The predicted molar refractivity (Wildman–Crippen MR) is 68.9 cm³/mol. The van der Waals surface area contributed by atoms with Crippen molar-refractivity contribution in [1.29, 1.82) is 0 Å². The highest BCUT2D eigenvalue weighted by Gasteiger charge is 2.31. The number of aryl methyl sites for hydroxylation is 1. The van der Waals surface area contributed by atoms with Crippen LogP contribution in [0.5, 0.6) is 0 Å². The van der Waals surface area contributed by atoms with Gasteiger partial charge in [0.1, 0.15) is 0 Å². The summed E-state index contributed by atoms with van der Waals surface area (Å²) in [6.07, 6.45) is 0.285. The van der Waals surface area contributed by atoms with Gasteiger partial charge in [-0.1, -0.05) is 12.1 Å². The summed E-state index contributed by atoms with van der Waals surface area (Å²) in [6.45, 7) is 3.97. The zero-order chi connectivity index (χ0) is 13.4. The smallest absolute Gasteiger partial charge is 0.303 e. The standard InChI is InChI=1S/C14H17NO3/c1-8-4-5-11-10(7-13(17)18)6-12(16)15(3)14(11)9(8)2/h4-5,10H,6-7H2,1-3H3,(H,17,18). The molecule has 4 heteroatoms. The van der Waals surface area contributed by atoms with E-state index in [1.54, 1.807) is 11.9 Å². The third-order valence-electron chi connectivity index (χ3n) is 3.72. The fourth-order valence-electron chi connectivity index (χ4n) is 2.57. The molecular weight excluding hydrogens is 230 g/mol. The van der Waals surface area contributed by atoms with Gasteiger partial charge in [-0.15, -0.1) is 0 Å². The Hall–Kier alpha value is -1.84. The number of carboxylic acid groups (broad SMARTS) is 1. The number of fused-ring (bicyclic) bond motifs is 1. The fourth-order valence-corrected chi connectivity index (χ4v) is 2.57. The molecule has 0 aromatic heterocycles. The molecule has 0 saturated heterocycles. The van der Waals surface area contributed by atoms with E-state index in [0.29, 0.717) is 0 Å². The second kappa shape index (κ2) is 4.44. The van der Waals surface area contributed by atoms with Gasteiger partial charge in [-0.2, -0.15) is 0 Å². The lowest BCUT2D eigenvalue weighted by molar-refractivity contribution is -0.137. The molecule has 18 heavy (non-hydrogen) atoms. The van der Waals surface area contributed by atoms with Crippen molar-refractivity contribution in [2.45, 2.75) is 32.6 Å². The van der Waals surface area contributed by atoms with Crippen LogP contribution in [0.2, 0.25) is 0 Å². The van der Waals surface area contributed by atoms with Gasteiger partial charge in [0.25, 0.3) is 0 Å². The van der Waals surface area contributed by atoms with E-state index in [4.69, 9.17) is 5.11 Å². The zero-order valence-corrected chi connectivity index (χ0v) is 10.9. The number of carbonyl (C=O) groups excluding carboxylic acids is 1. The zero-order valence-electron chi connectivity index (χ0n) is 10.9. The van der Waals surface area contributed by atoms with Gasteiger partial charge in [0.15, 0.2) is 0 Å². The summed E-state index contributed by atoms with van der Waals surface area (Å²) < 4.78 is 0. The number of hydrogen-bond acceptors (Lipinski definition) is 2. The Bertz CT molecular complexity index is 522. The van der Waals surface area contributed by atoms with Gasteiger partial charge >= 0.3 is 5.97 Å². The van der Waals surface area contributed by atoms with E-state index < -0.39 is 5.97 Å².